The minimum Gasteiger partial charge on any atom is -0.420 e. The number of hydrogen-bond donors (Lipinski definition) is 0. The first kappa shape index (κ1) is 17.1. The molecule has 2 aromatic carbocycles. The molecule has 1 aromatic heterocycles. The van der Waals surface area contributed by atoms with Crippen molar-refractivity contribution in [3.8, 4) is 0 Å². The average molecular weight is 354 g/mol. The van der Waals surface area contributed by atoms with Crippen LogP contribution in [0.1, 0.15) is 28.5 Å². The monoisotopic (exact) mass is 354 g/mol. The Morgan fingerprint density at radius 2 is 1.44 bits per heavy atom. The number of aryl methyl sites for hydroxylation is 3. The van der Waals surface area contributed by atoms with Gasteiger partial charge >= 0.3 is 0 Å². The van der Waals surface area contributed by atoms with Crippen molar-refractivity contribution >= 4 is 20.8 Å². The predicted octanol–water partition coefficient (Wildman–Crippen LogP) is 3.97. The quantitative estimate of drug-likeness (QED) is 0.709. The molecule has 3 aromatic rings. The van der Waals surface area contributed by atoms with Crippen LogP contribution >= 0.6 is 0 Å². The summed E-state index contributed by atoms with van der Waals surface area (Å²) in [6, 6.07) is 14.2. The van der Waals surface area contributed by atoms with Crippen LogP contribution in [0.5, 0.6) is 0 Å². The van der Waals surface area contributed by atoms with Crippen LogP contribution in [-0.2, 0) is 9.84 Å². The van der Waals surface area contributed by atoms with E-state index in [1.807, 2.05) is 38.1 Å². The molecular weight excluding hydrogens is 336 g/mol. The third-order valence-corrected chi connectivity index (χ3v) is 5.50. The van der Waals surface area contributed by atoms with Crippen LogP contribution in [0.15, 0.2) is 57.8 Å². The summed E-state index contributed by atoms with van der Waals surface area (Å²) in [5, 5.41) is 7.67. The van der Waals surface area contributed by atoms with Gasteiger partial charge in [-0.15, -0.1) is 10.2 Å². The fourth-order valence-corrected chi connectivity index (χ4v) is 3.66. The van der Waals surface area contributed by atoms with Gasteiger partial charge in [-0.05, 0) is 37.6 Å². The molecule has 0 atom stereocenters. The van der Waals surface area contributed by atoms with Gasteiger partial charge < -0.3 is 4.42 Å². The maximum Gasteiger partial charge on any atom is 0.259 e. The Labute approximate surface area is 147 Å². The van der Waals surface area contributed by atoms with E-state index in [0.29, 0.717) is 5.89 Å². The van der Waals surface area contributed by atoms with E-state index in [9.17, 15) is 8.42 Å². The smallest absolute Gasteiger partial charge is 0.259 e. The number of aromatic nitrogens is 2. The number of nitrogens with zero attached hydrogens (tertiary/aromatic N) is 2. The molecule has 25 heavy (non-hydrogen) atoms. The first-order valence-corrected chi connectivity index (χ1v) is 9.25. The molecule has 0 spiro atoms. The molecule has 0 saturated heterocycles. The molecule has 0 unspecified atom stereocenters. The van der Waals surface area contributed by atoms with Crippen LogP contribution in [0.3, 0.4) is 0 Å². The number of hydrogen-bond acceptors (Lipinski definition) is 5. The molecule has 0 bridgehead atoms. The third kappa shape index (κ3) is 3.69. The molecule has 3 rings (SSSR count). The largest absolute Gasteiger partial charge is 0.420 e. The zero-order valence-corrected chi connectivity index (χ0v) is 15.0. The van der Waals surface area contributed by atoms with E-state index in [0.717, 1.165) is 16.7 Å². The van der Waals surface area contributed by atoms with E-state index < -0.39 is 9.84 Å². The summed E-state index contributed by atoms with van der Waals surface area (Å²) in [6.45, 7) is 5.50. The van der Waals surface area contributed by atoms with Gasteiger partial charge in [0.15, 0.2) is 0 Å². The summed E-state index contributed by atoms with van der Waals surface area (Å²) in [5.41, 5.74) is 2.82. The highest BCUT2D eigenvalue weighted by atomic mass is 32.2. The van der Waals surface area contributed by atoms with Crippen molar-refractivity contribution in [1.82, 2.24) is 10.2 Å². The van der Waals surface area contributed by atoms with Crippen LogP contribution in [0.2, 0.25) is 0 Å². The van der Waals surface area contributed by atoms with Gasteiger partial charge in [-0.25, -0.2) is 8.42 Å². The topological polar surface area (TPSA) is 73.1 Å². The van der Waals surface area contributed by atoms with E-state index in [1.54, 1.807) is 37.3 Å². The Balaban J connectivity index is 2.17. The summed E-state index contributed by atoms with van der Waals surface area (Å²) in [5.74, 6) is 0.294. The van der Waals surface area contributed by atoms with Crippen LogP contribution in [0, 0.1) is 20.8 Å². The second-order valence-corrected chi connectivity index (χ2v) is 7.78. The van der Waals surface area contributed by atoms with E-state index in [4.69, 9.17) is 4.42 Å². The summed E-state index contributed by atoms with van der Waals surface area (Å²) >= 11 is 0. The molecule has 0 aliphatic carbocycles. The van der Waals surface area contributed by atoms with Crippen LogP contribution < -0.4 is 0 Å². The van der Waals surface area contributed by atoms with Gasteiger partial charge in [0, 0.05) is 6.92 Å². The normalized spacial score (nSPS) is 12.4. The van der Waals surface area contributed by atoms with E-state index in [2.05, 4.69) is 10.2 Å². The summed E-state index contributed by atoms with van der Waals surface area (Å²) in [7, 11) is -3.80. The van der Waals surface area contributed by atoms with Gasteiger partial charge in [0.05, 0.1) is 4.90 Å². The van der Waals surface area contributed by atoms with Crippen LogP contribution in [0.25, 0.3) is 11.0 Å². The van der Waals surface area contributed by atoms with Crippen molar-refractivity contribution in [2.75, 3.05) is 0 Å². The first-order valence-electron chi connectivity index (χ1n) is 7.77. The Bertz CT molecular complexity index is 1020. The molecule has 0 fully saturated rings. The maximum absolute atomic E-state index is 13.1. The molecule has 6 heteroatoms. The Kier molecular flexibility index (Phi) is 4.55. The second kappa shape index (κ2) is 6.64. The van der Waals surface area contributed by atoms with Gasteiger partial charge in [0.1, 0.15) is 4.91 Å². The van der Waals surface area contributed by atoms with Gasteiger partial charge in [0.25, 0.3) is 5.89 Å². The van der Waals surface area contributed by atoms with Crippen molar-refractivity contribution in [3.63, 3.8) is 0 Å². The third-order valence-electron chi connectivity index (χ3n) is 3.73. The van der Waals surface area contributed by atoms with Gasteiger partial charge in [-0.1, -0.05) is 47.5 Å². The lowest BCUT2D eigenvalue weighted by Gasteiger charge is -2.07. The fraction of sp³-hybridized carbons (Fsp3) is 0.158. The first-order chi connectivity index (χ1) is 11.9. The molecule has 0 amide bonds. The Hall–Kier alpha value is -2.73. The molecule has 0 aliphatic heterocycles. The van der Waals surface area contributed by atoms with Gasteiger partial charge in [-0.2, -0.15) is 0 Å². The van der Waals surface area contributed by atoms with Crippen molar-refractivity contribution in [3.05, 3.63) is 77.0 Å². The highest BCUT2D eigenvalue weighted by molar-refractivity contribution is 8.00. The molecule has 0 N–H and O–H groups in total. The second-order valence-electron chi connectivity index (χ2n) is 5.86. The number of benzene rings is 2. The van der Waals surface area contributed by atoms with Gasteiger partial charge in [0.2, 0.25) is 15.7 Å². The summed E-state index contributed by atoms with van der Waals surface area (Å²) < 4.78 is 31.7. The van der Waals surface area contributed by atoms with E-state index >= 15 is 0 Å². The maximum atomic E-state index is 13.1. The molecule has 5 nitrogen and oxygen atoms in total. The molecular formula is C19H18N2O3S. The lowest BCUT2D eigenvalue weighted by molar-refractivity contribution is 0.507. The van der Waals surface area contributed by atoms with Crippen LogP contribution in [-0.4, -0.2) is 18.6 Å². The molecule has 0 aliphatic rings. The van der Waals surface area contributed by atoms with E-state index in [-0.39, 0.29) is 15.7 Å². The lowest BCUT2D eigenvalue weighted by Crippen LogP contribution is -2.05. The van der Waals surface area contributed by atoms with Gasteiger partial charge in [-0.3, -0.25) is 0 Å². The minimum absolute atomic E-state index is 0.0131. The summed E-state index contributed by atoms with van der Waals surface area (Å²) in [4.78, 5) is 0.174. The summed E-state index contributed by atoms with van der Waals surface area (Å²) in [6.07, 6.45) is 1.56. The zero-order valence-electron chi connectivity index (χ0n) is 14.2. The Morgan fingerprint density at radius 1 is 0.880 bits per heavy atom. The molecule has 0 saturated carbocycles. The molecule has 0 radical (unpaired) electrons. The lowest BCUT2D eigenvalue weighted by atomic mass is 10.1. The van der Waals surface area contributed by atoms with Crippen LogP contribution in [0.4, 0.5) is 0 Å². The van der Waals surface area contributed by atoms with E-state index in [1.165, 1.54) is 0 Å². The number of sulfone groups is 1. The van der Waals surface area contributed by atoms with Crippen molar-refractivity contribution in [2.24, 2.45) is 0 Å². The molecule has 128 valence electrons. The van der Waals surface area contributed by atoms with Crippen molar-refractivity contribution in [2.45, 2.75) is 25.7 Å². The SMILES string of the molecule is Cc1ccc(C=C(c2nnc(C)o2)S(=O)(=O)c2ccc(C)cc2)cc1. The number of rotatable bonds is 4. The highest BCUT2D eigenvalue weighted by Crippen LogP contribution is 2.29. The minimum atomic E-state index is -3.80. The highest BCUT2D eigenvalue weighted by Gasteiger charge is 2.26. The average Bonchev–Trinajstić information content (AvgIpc) is 3.00. The predicted molar refractivity (Wildman–Crippen MR) is 96.4 cm³/mol. The molecule has 1 heterocycles. The Morgan fingerprint density at radius 3 is 1.96 bits per heavy atom. The zero-order chi connectivity index (χ0) is 18.0. The standard InChI is InChI=1S/C19H18N2O3S/c1-13-4-8-16(9-5-13)12-18(19-21-20-15(3)24-19)25(22,23)17-10-6-14(2)7-11-17/h4-12H,1-3H3. The van der Waals surface area contributed by atoms with Crippen molar-refractivity contribution < 1.29 is 12.8 Å². The van der Waals surface area contributed by atoms with Crippen molar-refractivity contribution in [1.29, 1.82) is 0 Å². The fourth-order valence-electron chi connectivity index (χ4n) is 2.31.